The zero-order chi connectivity index (χ0) is 20.9. The SMILES string of the molecule is Cc1ccc(-c2nc(CC(=O)Nc3ccc(C(=O)Nc4nccs4)cc3)cs2)cc1. The standard InChI is InChI=1S/C22H18N4O2S2/c1-14-2-4-16(5-3-14)21-25-18(13-30-21)12-19(27)24-17-8-6-15(7-9-17)20(28)26-22-23-10-11-29-22/h2-11,13H,12H2,1H3,(H,24,27)(H,23,26,28). The molecule has 4 rings (SSSR count). The molecule has 0 unspecified atom stereocenters. The van der Waals surface area contributed by atoms with Crippen LogP contribution in [0.4, 0.5) is 10.8 Å². The summed E-state index contributed by atoms with van der Waals surface area (Å²) in [6, 6.07) is 14.9. The normalized spacial score (nSPS) is 10.6. The van der Waals surface area contributed by atoms with Gasteiger partial charge >= 0.3 is 0 Å². The van der Waals surface area contributed by atoms with E-state index in [1.54, 1.807) is 35.8 Å². The minimum absolute atomic E-state index is 0.157. The number of nitrogens with one attached hydrogen (secondary N) is 2. The largest absolute Gasteiger partial charge is 0.326 e. The van der Waals surface area contributed by atoms with Crippen molar-refractivity contribution < 1.29 is 9.59 Å². The first-order chi connectivity index (χ1) is 14.6. The Morgan fingerprint density at radius 1 is 0.967 bits per heavy atom. The Hall–Kier alpha value is -3.36. The smallest absolute Gasteiger partial charge is 0.257 e. The molecular weight excluding hydrogens is 416 g/mol. The lowest BCUT2D eigenvalue weighted by Gasteiger charge is -2.06. The summed E-state index contributed by atoms with van der Waals surface area (Å²) >= 11 is 2.88. The fourth-order valence-electron chi connectivity index (χ4n) is 2.75. The van der Waals surface area contributed by atoms with Gasteiger partial charge in [-0.1, -0.05) is 29.8 Å². The van der Waals surface area contributed by atoms with E-state index in [-0.39, 0.29) is 18.2 Å². The van der Waals surface area contributed by atoms with E-state index in [0.29, 0.717) is 16.4 Å². The highest BCUT2D eigenvalue weighted by Gasteiger charge is 2.11. The van der Waals surface area contributed by atoms with Gasteiger partial charge in [0.05, 0.1) is 12.1 Å². The van der Waals surface area contributed by atoms with E-state index < -0.39 is 0 Å². The van der Waals surface area contributed by atoms with Crippen molar-refractivity contribution >= 4 is 45.3 Å². The second-order valence-corrected chi connectivity index (χ2v) is 8.36. The van der Waals surface area contributed by atoms with Gasteiger partial charge in [0.15, 0.2) is 5.13 Å². The number of carbonyl (C=O) groups is 2. The monoisotopic (exact) mass is 434 g/mol. The lowest BCUT2D eigenvalue weighted by molar-refractivity contribution is -0.115. The van der Waals surface area contributed by atoms with Crippen molar-refractivity contribution in [2.24, 2.45) is 0 Å². The Balaban J connectivity index is 1.34. The van der Waals surface area contributed by atoms with Gasteiger partial charge in [-0.15, -0.1) is 22.7 Å². The molecule has 0 radical (unpaired) electrons. The molecule has 2 heterocycles. The Morgan fingerprint density at radius 2 is 1.73 bits per heavy atom. The number of nitrogens with zero attached hydrogens (tertiary/aromatic N) is 2. The lowest BCUT2D eigenvalue weighted by atomic mass is 10.2. The molecule has 6 nitrogen and oxygen atoms in total. The van der Waals surface area contributed by atoms with Crippen LogP contribution in [0.3, 0.4) is 0 Å². The van der Waals surface area contributed by atoms with Crippen LogP contribution >= 0.6 is 22.7 Å². The van der Waals surface area contributed by atoms with Crippen LogP contribution in [0.25, 0.3) is 10.6 Å². The number of hydrogen-bond acceptors (Lipinski definition) is 6. The first-order valence-electron chi connectivity index (χ1n) is 9.19. The van der Waals surface area contributed by atoms with Gasteiger partial charge in [-0.05, 0) is 31.2 Å². The van der Waals surface area contributed by atoms with Gasteiger partial charge in [0.1, 0.15) is 5.01 Å². The van der Waals surface area contributed by atoms with E-state index in [4.69, 9.17) is 0 Å². The number of aromatic nitrogens is 2. The quantitative estimate of drug-likeness (QED) is 0.447. The number of benzene rings is 2. The molecule has 4 aromatic rings. The highest BCUT2D eigenvalue weighted by molar-refractivity contribution is 7.13. The number of anilines is 2. The Labute approximate surface area is 181 Å². The minimum atomic E-state index is -0.242. The van der Waals surface area contributed by atoms with Crippen LogP contribution in [0, 0.1) is 6.92 Å². The molecular formula is C22H18N4O2S2. The van der Waals surface area contributed by atoms with Gasteiger partial charge in [-0.25, -0.2) is 9.97 Å². The van der Waals surface area contributed by atoms with Crippen LogP contribution in [-0.4, -0.2) is 21.8 Å². The molecule has 2 aromatic heterocycles. The van der Waals surface area contributed by atoms with E-state index >= 15 is 0 Å². The van der Waals surface area contributed by atoms with Crippen molar-refractivity contribution in [1.82, 2.24) is 9.97 Å². The van der Waals surface area contributed by atoms with E-state index in [1.165, 1.54) is 28.2 Å². The first kappa shape index (κ1) is 19.9. The summed E-state index contributed by atoms with van der Waals surface area (Å²) in [6.45, 7) is 2.04. The maximum absolute atomic E-state index is 12.4. The molecule has 0 saturated heterocycles. The molecule has 0 aliphatic heterocycles. The third-order valence-electron chi connectivity index (χ3n) is 4.28. The first-order valence-corrected chi connectivity index (χ1v) is 10.9. The fraction of sp³-hybridized carbons (Fsp3) is 0.0909. The Morgan fingerprint density at radius 3 is 2.43 bits per heavy atom. The molecule has 2 N–H and O–H groups in total. The van der Waals surface area contributed by atoms with Crippen molar-refractivity contribution in [1.29, 1.82) is 0 Å². The molecule has 8 heteroatoms. The average Bonchev–Trinajstić information content (AvgIpc) is 3.41. The second kappa shape index (κ2) is 8.98. The van der Waals surface area contributed by atoms with Crippen LogP contribution in [0.15, 0.2) is 65.5 Å². The number of amides is 2. The molecule has 0 atom stereocenters. The number of hydrogen-bond donors (Lipinski definition) is 2. The van der Waals surface area contributed by atoms with Crippen molar-refractivity contribution in [3.8, 4) is 10.6 Å². The third-order valence-corrected chi connectivity index (χ3v) is 5.90. The highest BCUT2D eigenvalue weighted by Crippen LogP contribution is 2.24. The van der Waals surface area contributed by atoms with Crippen LogP contribution in [0.5, 0.6) is 0 Å². The summed E-state index contributed by atoms with van der Waals surface area (Å²) in [7, 11) is 0. The number of rotatable bonds is 6. The molecule has 2 aromatic carbocycles. The molecule has 0 saturated carbocycles. The average molecular weight is 435 g/mol. The molecule has 0 spiro atoms. The van der Waals surface area contributed by atoms with Gasteiger partial charge in [0, 0.05) is 33.8 Å². The maximum atomic E-state index is 12.4. The fourth-order valence-corrected chi connectivity index (χ4v) is 4.10. The highest BCUT2D eigenvalue weighted by atomic mass is 32.1. The van der Waals surface area contributed by atoms with Gasteiger partial charge in [0.25, 0.3) is 5.91 Å². The maximum Gasteiger partial charge on any atom is 0.257 e. The van der Waals surface area contributed by atoms with Crippen LogP contribution in [-0.2, 0) is 11.2 Å². The van der Waals surface area contributed by atoms with Gasteiger partial charge in [-0.2, -0.15) is 0 Å². The third kappa shape index (κ3) is 4.97. The summed E-state index contributed by atoms with van der Waals surface area (Å²) in [5.74, 6) is -0.398. The predicted octanol–water partition coefficient (Wildman–Crippen LogP) is 5.01. The van der Waals surface area contributed by atoms with E-state index in [0.717, 1.165) is 16.3 Å². The summed E-state index contributed by atoms with van der Waals surface area (Å²) in [5.41, 5.74) is 4.09. The molecule has 2 amide bonds. The molecule has 0 aliphatic carbocycles. The molecule has 0 fully saturated rings. The van der Waals surface area contributed by atoms with Gasteiger partial charge in [0.2, 0.25) is 5.91 Å². The van der Waals surface area contributed by atoms with Crippen LogP contribution in [0.1, 0.15) is 21.6 Å². The summed E-state index contributed by atoms with van der Waals surface area (Å²) in [5, 5.41) is 10.7. The Kier molecular flexibility index (Phi) is 5.97. The number of aryl methyl sites for hydroxylation is 1. The topological polar surface area (TPSA) is 84.0 Å². The molecule has 0 aliphatic rings. The van der Waals surface area contributed by atoms with Crippen molar-refractivity contribution in [2.75, 3.05) is 10.6 Å². The molecule has 30 heavy (non-hydrogen) atoms. The summed E-state index contributed by atoms with van der Waals surface area (Å²) in [4.78, 5) is 33.1. The zero-order valence-corrected chi connectivity index (χ0v) is 17.7. The summed E-state index contributed by atoms with van der Waals surface area (Å²) < 4.78 is 0. The van der Waals surface area contributed by atoms with E-state index in [9.17, 15) is 9.59 Å². The molecule has 0 bridgehead atoms. The summed E-state index contributed by atoms with van der Waals surface area (Å²) in [6.07, 6.45) is 1.82. The zero-order valence-electron chi connectivity index (χ0n) is 16.1. The van der Waals surface area contributed by atoms with Crippen LogP contribution < -0.4 is 10.6 Å². The van der Waals surface area contributed by atoms with E-state index in [2.05, 4.69) is 20.6 Å². The number of carbonyl (C=O) groups excluding carboxylic acids is 2. The van der Waals surface area contributed by atoms with Crippen LogP contribution in [0.2, 0.25) is 0 Å². The van der Waals surface area contributed by atoms with E-state index in [1.807, 2.05) is 36.6 Å². The molecule has 150 valence electrons. The predicted molar refractivity (Wildman–Crippen MR) is 121 cm³/mol. The number of thiazole rings is 2. The lowest BCUT2D eigenvalue weighted by Crippen LogP contribution is -2.15. The Bertz CT molecular complexity index is 1150. The van der Waals surface area contributed by atoms with Gasteiger partial charge < -0.3 is 5.32 Å². The minimum Gasteiger partial charge on any atom is -0.326 e. The van der Waals surface area contributed by atoms with Crippen molar-refractivity contribution in [3.05, 3.63) is 82.3 Å². The van der Waals surface area contributed by atoms with Crippen molar-refractivity contribution in [2.45, 2.75) is 13.3 Å². The van der Waals surface area contributed by atoms with Gasteiger partial charge in [-0.3, -0.25) is 14.9 Å². The second-order valence-electron chi connectivity index (χ2n) is 6.60. The van der Waals surface area contributed by atoms with Crippen molar-refractivity contribution in [3.63, 3.8) is 0 Å².